The number of hydrogen-bond donors (Lipinski definition) is 1. The maximum Gasteiger partial charge on any atom is 0.314 e. The molecule has 10 heteroatoms. The van der Waals surface area contributed by atoms with Crippen molar-refractivity contribution in [3.05, 3.63) is 69.9 Å². The normalized spacial score (nSPS) is 12.5. The van der Waals surface area contributed by atoms with E-state index in [0.29, 0.717) is 11.1 Å². The minimum atomic E-state index is -3.38. The van der Waals surface area contributed by atoms with E-state index in [2.05, 4.69) is 5.10 Å². The second-order valence-electron chi connectivity index (χ2n) is 7.10. The standard InChI is InChI=1S/C21H20ClFN2O5S/c1-13(11-26)12-30-20-17(14-3-6-16(7-4-14)31(2,28)29)10-24-25(21(20)27)15-5-8-19(23)18(22)9-15/h3-10,13,26H,11-12H2,1-2H3. The first-order valence-electron chi connectivity index (χ1n) is 9.23. The predicted octanol–water partition coefficient (Wildman–Crippen LogP) is 3.10. The molecule has 3 rings (SSSR count). The molecule has 1 unspecified atom stereocenters. The van der Waals surface area contributed by atoms with E-state index in [-0.39, 0.29) is 40.5 Å². The van der Waals surface area contributed by atoms with Crippen molar-refractivity contribution in [1.29, 1.82) is 0 Å². The van der Waals surface area contributed by atoms with Crippen LogP contribution in [0.15, 0.2) is 58.4 Å². The van der Waals surface area contributed by atoms with Crippen molar-refractivity contribution < 1.29 is 22.7 Å². The summed E-state index contributed by atoms with van der Waals surface area (Å²) in [4.78, 5) is 13.3. The first kappa shape index (κ1) is 22.9. The molecule has 164 valence electrons. The molecule has 2 aromatic carbocycles. The maximum absolute atomic E-state index is 13.5. The molecule has 3 aromatic rings. The molecule has 0 aliphatic heterocycles. The zero-order valence-electron chi connectivity index (χ0n) is 16.7. The number of hydrogen-bond acceptors (Lipinski definition) is 6. The van der Waals surface area contributed by atoms with Gasteiger partial charge < -0.3 is 9.84 Å². The van der Waals surface area contributed by atoms with Crippen LogP contribution in [0.25, 0.3) is 16.8 Å². The monoisotopic (exact) mass is 466 g/mol. The minimum absolute atomic E-state index is 0.0390. The summed E-state index contributed by atoms with van der Waals surface area (Å²) in [6.07, 6.45) is 2.50. The van der Waals surface area contributed by atoms with Gasteiger partial charge in [-0.15, -0.1) is 0 Å². The molecule has 1 N–H and O–H groups in total. The van der Waals surface area contributed by atoms with Crippen LogP contribution in [0, 0.1) is 11.7 Å². The Morgan fingerprint density at radius 3 is 2.48 bits per heavy atom. The van der Waals surface area contributed by atoms with Crippen molar-refractivity contribution in [2.75, 3.05) is 19.5 Å². The Morgan fingerprint density at radius 1 is 1.23 bits per heavy atom. The van der Waals surface area contributed by atoms with Crippen LogP contribution in [-0.2, 0) is 9.84 Å². The molecule has 0 radical (unpaired) electrons. The van der Waals surface area contributed by atoms with Gasteiger partial charge in [0, 0.05) is 24.3 Å². The summed E-state index contributed by atoms with van der Waals surface area (Å²) in [6.45, 7) is 1.68. The fourth-order valence-electron chi connectivity index (χ4n) is 2.74. The number of rotatable bonds is 7. The number of halogens is 2. The highest BCUT2D eigenvalue weighted by Gasteiger charge is 2.18. The summed E-state index contributed by atoms with van der Waals surface area (Å²) in [5.41, 5.74) is 0.500. The van der Waals surface area contributed by atoms with Crippen LogP contribution in [0.2, 0.25) is 5.02 Å². The Balaban J connectivity index is 2.13. The van der Waals surface area contributed by atoms with Crippen molar-refractivity contribution in [3.63, 3.8) is 0 Å². The van der Waals surface area contributed by atoms with Crippen molar-refractivity contribution in [1.82, 2.24) is 9.78 Å². The third-order valence-corrected chi connectivity index (χ3v) is 5.92. The van der Waals surface area contributed by atoms with Crippen molar-refractivity contribution >= 4 is 21.4 Å². The van der Waals surface area contributed by atoms with Crippen LogP contribution >= 0.6 is 11.6 Å². The highest BCUT2D eigenvalue weighted by Crippen LogP contribution is 2.28. The molecule has 0 saturated heterocycles. The van der Waals surface area contributed by atoms with Crippen molar-refractivity contribution in [2.24, 2.45) is 5.92 Å². The number of aliphatic hydroxyl groups excluding tert-OH is 1. The number of sulfone groups is 1. The van der Waals surface area contributed by atoms with Gasteiger partial charge in [0.05, 0.1) is 28.4 Å². The first-order chi connectivity index (χ1) is 14.6. The Hall–Kier alpha value is -2.75. The molecule has 0 saturated carbocycles. The predicted molar refractivity (Wildman–Crippen MR) is 115 cm³/mol. The smallest absolute Gasteiger partial charge is 0.314 e. The van der Waals surface area contributed by atoms with Gasteiger partial charge in [0.15, 0.2) is 15.6 Å². The summed E-state index contributed by atoms with van der Waals surface area (Å²) in [7, 11) is -3.38. The number of aromatic nitrogens is 2. The maximum atomic E-state index is 13.5. The lowest BCUT2D eigenvalue weighted by Crippen LogP contribution is -2.25. The van der Waals surface area contributed by atoms with E-state index in [1.807, 2.05) is 0 Å². The topological polar surface area (TPSA) is 98.5 Å². The summed E-state index contributed by atoms with van der Waals surface area (Å²) in [6, 6.07) is 9.70. The van der Waals surface area contributed by atoms with E-state index in [9.17, 15) is 22.7 Å². The van der Waals surface area contributed by atoms with Crippen molar-refractivity contribution in [2.45, 2.75) is 11.8 Å². The molecule has 0 amide bonds. The molecule has 0 aliphatic carbocycles. The Bertz CT molecular complexity index is 1260. The number of nitrogens with zero attached hydrogens (tertiary/aromatic N) is 2. The summed E-state index contributed by atoms with van der Waals surface area (Å²) < 4.78 is 43.7. The minimum Gasteiger partial charge on any atom is -0.487 e. The second-order valence-corrected chi connectivity index (χ2v) is 9.52. The molecule has 0 aliphatic rings. The number of ether oxygens (including phenoxy) is 1. The quantitative estimate of drug-likeness (QED) is 0.574. The molecule has 31 heavy (non-hydrogen) atoms. The lowest BCUT2D eigenvalue weighted by Gasteiger charge is -2.15. The van der Waals surface area contributed by atoms with E-state index >= 15 is 0 Å². The van der Waals surface area contributed by atoms with Gasteiger partial charge in [-0.25, -0.2) is 12.8 Å². The van der Waals surface area contributed by atoms with E-state index in [0.717, 1.165) is 17.0 Å². The molecular weight excluding hydrogens is 447 g/mol. The van der Waals surface area contributed by atoms with Crippen LogP contribution in [-0.4, -0.2) is 42.8 Å². The Kier molecular flexibility index (Phi) is 6.78. The Morgan fingerprint density at radius 2 is 1.90 bits per heavy atom. The molecule has 0 bridgehead atoms. The van der Waals surface area contributed by atoms with Crippen LogP contribution < -0.4 is 10.3 Å². The highest BCUT2D eigenvalue weighted by molar-refractivity contribution is 7.90. The molecular formula is C21H20ClFN2O5S. The second kappa shape index (κ2) is 9.17. The fourth-order valence-corrected chi connectivity index (χ4v) is 3.55. The largest absolute Gasteiger partial charge is 0.487 e. The van der Waals surface area contributed by atoms with Crippen LogP contribution in [0.1, 0.15) is 6.92 Å². The van der Waals surface area contributed by atoms with Gasteiger partial charge in [0.1, 0.15) is 5.82 Å². The van der Waals surface area contributed by atoms with Crippen LogP contribution in [0.4, 0.5) is 4.39 Å². The van der Waals surface area contributed by atoms with E-state index in [4.69, 9.17) is 16.3 Å². The summed E-state index contributed by atoms with van der Waals surface area (Å²) in [5.74, 6) is -0.904. The highest BCUT2D eigenvalue weighted by atomic mass is 35.5. The molecule has 0 fully saturated rings. The van der Waals surface area contributed by atoms with Gasteiger partial charge in [-0.1, -0.05) is 30.7 Å². The molecule has 7 nitrogen and oxygen atoms in total. The summed E-state index contributed by atoms with van der Waals surface area (Å²) in [5, 5.41) is 13.3. The van der Waals surface area contributed by atoms with E-state index in [1.165, 1.54) is 30.5 Å². The van der Waals surface area contributed by atoms with Gasteiger partial charge in [0.2, 0.25) is 0 Å². The number of benzene rings is 2. The first-order valence-corrected chi connectivity index (χ1v) is 11.5. The SMILES string of the molecule is CC(CO)COc1c(-c2ccc(S(C)(=O)=O)cc2)cnn(-c2ccc(F)c(Cl)c2)c1=O. The van der Waals surface area contributed by atoms with E-state index < -0.39 is 21.2 Å². The zero-order valence-corrected chi connectivity index (χ0v) is 18.3. The average Bonchev–Trinajstić information content (AvgIpc) is 2.74. The molecule has 1 heterocycles. The average molecular weight is 467 g/mol. The van der Waals surface area contributed by atoms with Gasteiger partial charge in [-0.2, -0.15) is 9.78 Å². The molecule has 0 spiro atoms. The Labute approximate surface area is 183 Å². The number of aliphatic hydroxyl groups is 1. The van der Waals surface area contributed by atoms with Crippen LogP contribution in [0.3, 0.4) is 0 Å². The molecule has 1 atom stereocenters. The fraction of sp³-hybridized carbons (Fsp3) is 0.238. The summed E-state index contributed by atoms with van der Waals surface area (Å²) >= 11 is 5.83. The van der Waals surface area contributed by atoms with Gasteiger partial charge in [0.25, 0.3) is 0 Å². The third-order valence-electron chi connectivity index (χ3n) is 4.50. The van der Waals surface area contributed by atoms with Crippen molar-refractivity contribution in [3.8, 4) is 22.6 Å². The van der Waals surface area contributed by atoms with Crippen LogP contribution in [0.5, 0.6) is 5.75 Å². The molecule has 1 aromatic heterocycles. The van der Waals surface area contributed by atoms with Gasteiger partial charge in [-0.3, -0.25) is 4.79 Å². The van der Waals surface area contributed by atoms with Gasteiger partial charge in [-0.05, 0) is 35.9 Å². The third kappa shape index (κ3) is 5.12. The van der Waals surface area contributed by atoms with Gasteiger partial charge >= 0.3 is 5.56 Å². The lowest BCUT2D eigenvalue weighted by molar-refractivity contribution is 0.173. The lowest BCUT2D eigenvalue weighted by atomic mass is 10.1. The zero-order chi connectivity index (χ0) is 22.8. The van der Waals surface area contributed by atoms with E-state index in [1.54, 1.807) is 19.1 Å².